The van der Waals surface area contributed by atoms with Gasteiger partial charge in [0.05, 0.1) is 24.2 Å². The van der Waals surface area contributed by atoms with E-state index in [0.29, 0.717) is 40.3 Å². The second-order valence-corrected chi connectivity index (χ2v) is 9.15. The van der Waals surface area contributed by atoms with Crippen LogP contribution in [-0.2, 0) is 14.8 Å². The number of benzene rings is 3. The molecule has 32 heavy (non-hydrogen) atoms. The zero-order valence-corrected chi connectivity index (χ0v) is 19.2. The molecule has 1 amide bonds. The Morgan fingerprint density at radius 2 is 1.72 bits per heavy atom. The summed E-state index contributed by atoms with van der Waals surface area (Å²) in [6.45, 7) is 1.82. The van der Waals surface area contributed by atoms with Crippen LogP contribution in [-0.4, -0.2) is 33.7 Å². The van der Waals surface area contributed by atoms with Crippen LogP contribution in [0.2, 0.25) is 5.02 Å². The topological polar surface area (TPSA) is 84.9 Å². The average Bonchev–Trinajstić information content (AvgIpc) is 2.74. The number of amides is 1. The highest BCUT2D eigenvalue weighted by Gasteiger charge is 2.22. The molecule has 0 unspecified atom stereocenters. The van der Waals surface area contributed by atoms with Crippen LogP contribution < -0.4 is 19.1 Å². The van der Waals surface area contributed by atoms with Gasteiger partial charge in [-0.15, -0.1) is 0 Å². The van der Waals surface area contributed by atoms with Crippen molar-refractivity contribution in [1.82, 2.24) is 0 Å². The van der Waals surface area contributed by atoms with Crippen molar-refractivity contribution in [3.05, 3.63) is 77.8 Å². The molecule has 9 heteroatoms. The molecule has 0 aliphatic rings. The highest BCUT2D eigenvalue weighted by atomic mass is 35.5. The van der Waals surface area contributed by atoms with Gasteiger partial charge in [0, 0.05) is 11.1 Å². The summed E-state index contributed by atoms with van der Waals surface area (Å²) in [6.07, 6.45) is 1.04. The van der Waals surface area contributed by atoms with Gasteiger partial charge in [0.15, 0.2) is 5.75 Å². The molecule has 0 fully saturated rings. The maximum atomic E-state index is 12.8. The third-order valence-corrected chi connectivity index (χ3v) is 5.67. The van der Waals surface area contributed by atoms with E-state index in [2.05, 4.69) is 5.32 Å². The molecule has 0 saturated heterocycles. The van der Waals surface area contributed by atoms with Crippen LogP contribution in [0.15, 0.2) is 72.8 Å². The smallest absolute Gasteiger partial charge is 0.245 e. The summed E-state index contributed by atoms with van der Waals surface area (Å²) in [5.41, 5.74) is 0.642. The first-order chi connectivity index (χ1) is 15.3. The number of anilines is 2. The van der Waals surface area contributed by atoms with E-state index in [0.717, 1.165) is 10.6 Å². The number of sulfonamides is 1. The van der Waals surface area contributed by atoms with Gasteiger partial charge in [-0.1, -0.05) is 35.9 Å². The summed E-state index contributed by atoms with van der Waals surface area (Å²) in [5, 5.41) is 3.09. The van der Waals surface area contributed by atoms with Crippen LogP contribution in [0.3, 0.4) is 0 Å². The lowest BCUT2D eigenvalue weighted by Gasteiger charge is -2.22. The summed E-state index contributed by atoms with van der Waals surface area (Å²) in [5.74, 6) is 0.902. The molecule has 0 aliphatic carbocycles. The zero-order chi connectivity index (χ0) is 23.1. The van der Waals surface area contributed by atoms with Gasteiger partial charge >= 0.3 is 0 Å². The number of halogens is 1. The number of para-hydroxylation sites is 1. The highest BCUT2D eigenvalue weighted by Crippen LogP contribution is 2.32. The van der Waals surface area contributed by atoms with E-state index in [1.165, 1.54) is 6.07 Å². The SMILES string of the molecule is CCOc1cccc(N(CC(=O)Nc2cc(Cl)ccc2Oc2ccccc2)S(C)(=O)=O)c1. The van der Waals surface area contributed by atoms with E-state index >= 15 is 0 Å². The minimum atomic E-state index is -3.74. The second kappa shape index (κ2) is 10.4. The van der Waals surface area contributed by atoms with Gasteiger partial charge < -0.3 is 14.8 Å². The molecule has 3 rings (SSSR count). The zero-order valence-electron chi connectivity index (χ0n) is 17.6. The van der Waals surface area contributed by atoms with Crippen LogP contribution in [0.5, 0.6) is 17.2 Å². The van der Waals surface area contributed by atoms with Crippen molar-refractivity contribution >= 4 is 38.9 Å². The van der Waals surface area contributed by atoms with Gasteiger partial charge in [-0.05, 0) is 49.4 Å². The average molecular weight is 475 g/mol. The van der Waals surface area contributed by atoms with Crippen LogP contribution in [0.1, 0.15) is 6.92 Å². The Bertz CT molecular complexity index is 1190. The minimum Gasteiger partial charge on any atom is -0.494 e. The van der Waals surface area contributed by atoms with Crippen molar-refractivity contribution < 1.29 is 22.7 Å². The summed E-state index contributed by atoms with van der Waals surface area (Å²) in [4.78, 5) is 12.8. The van der Waals surface area contributed by atoms with Crippen molar-refractivity contribution in [2.24, 2.45) is 0 Å². The standard InChI is InChI=1S/C23H23ClN2O5S/c1-3-30-20-11-7-8-18(15-20)26(32(2,28)29)16-23(27)25-21-14-17(24)12-13-22(21)31-19-9-5-4-6-10-19/h4-15H,3,16H2,1-2H3,(H,25,27). The predicted molar refractivity (Wildman–Crippen MR) is 126 cm³/mol. The van der Waals surface area contributed by atoms with E-state index in [9.17, 15) is 13.2 Å². The molecule has 1 N–H and O–H groups in total. The van der Waals surface area contributed by atoms with E-state index in [4.69, 9.17) is 21.1 Å². The molecular formula is C23H23ClN2O5S. The third-order valence-electron chi connectivity index (χ3n) is 4.29. The lowest BCUT2D eigenvalue weighted by Crippen LogP contribution is -2.37. The molecule has 0 spiro atoms. The maximum absolute atomic E-state index is 12.8. The van der Waals surface area contributed by atoms with Crippen molar-refractivity contribution in [3.8, 4) is 17.2 Å². The summed E-state index contributed by atoms with van der Waals surface area (Å²) in [7, 11) is -3.74. The fourth-order valence-electron chi connectivity index (χ4n) is 2.92. The summed E-state index contributed by atoms with van der Waals surface area (Å²) in [6, 6.07) is 20.4. The number of rotatable bonds is 9. The largest absolute Gasteiger partial charge is 0.494 e. The minimum absolute atomic E-state index is 0.320. The predicted octanol–water partition coefficient (Wildman–Crippen LogP) is 4.94. The molecule has 7 nitrogen and oxygen atoms in total. The number of nitrogens with zero attached hydrogens (tertiary/aromatic N) is 1. The monoisotopic (exact) mass is 474 g/mol. The number of ether oxygens (including phenoxy) is 2. The number of hydrogen-bond donors (Lipinski definition) is 1. The van der Waals surface area contributed by atoms with Crippen LogP contribution >= 0.6 is 11.6 Å². The fraction of sp³-hybridized carbons (Fsp3) is 0.174. The van der Waals surface area contributed by atoms with Gasteiger partial charge in [0.2, 0.25) is 15.9 Å². The number of carbonyl (C=O) groups excluding carboxylic acids is 1. The fourth-order valence-corrected chi connectivity index (χ4v) is 3.94. The van der Waals surface area contributed by atoms with Crippen molar-refractivity contribution in [3.63, 3.8) is 0 Å². The molecule has 0 aromatic heterocycles. The second-order valence-electron chi connectivity index (χ2n) is 6.80. The molecule has 0 heterocycles. The molecule has 3 aromatic carbocycles. The Kier molecular flexibility index (Phi) is 7.61. The number of hydrogen-bond acceptors (Lipinski definition) is 5. The molecule has 3 aromatic rings. The van der Waals surface area contributed by atoms with Gasteiger partial charge in [-0.2, -0.15) is 0 Å². The van der Waals surface area contributed by atoms with E-state index in [1.54, 1.807) is 48.5 Å². The number of nitrogens with one attached hydrogen (secondary N) is 1. The normalized spacial score (nSPS) is 11.0. The third kappa shape index (κ3) is 6.38. The van der Waals surface area contributed by atoms with E-state index in [-0.39, 0.29) is 0 Å². The van der Waals surface area contributed by atoms with Crippen LogP contribution in [0, 0.1) is 0 Å². The molecule has 0 bridgehead atoms. The quantitative estimate of drug-likeness (QED) is 0.475. The first-order valence-corrected chi connectivity index (χ1v) is 12.0. The van der Waals surface area contributed by atoms with Crippen molar-refractivity contribution in [2.45, 2.75) is 6.92 Å². The van der Waals surface area contributed by atoms with Crippen LogP contribution in [0.25, 0.3) is 0 Å². The van der Waals surface area contributed by atoms with Gasteiger partial charge in [-0.25, -0.2) is 8.42 Å². The Morgan fingerprint density at radius 3 is 2.41 bits per heavy atom. The highest BCUT2D eigenvalue weighted by molar-refractivity contribution is 7.92. The summed E-state index contributed by atoms with van der Waals surface area (Å²) >= 11 is 6.10. The Labute approximate surface area is 192 Å². The Morgan fingerprint density at radius 1 is 1.00 bits per heavy atom. The molecule has 0 radical (unpaired) electrons. The number of carbonyl (C=O) groups is 1. The lowest BCUT2D eigenvalue weighted by atomic mass is 10.2. The van der Waals surface area contributed by atoms with E-state index < -0.39 is 22.5 Å². The molecule has 0 atom stereocenters. The first-order valence-electron chi connectivity index (χ1n) is 9.79. The molecular weight excluding hydrogens is 452 g/mol. The van der Waals surface area contributed by atoms with Gasteiger partial charge in [0.1, 0.15) is 18.0 Å². The Hall–Kier alpha value is -3.23. The molecule has 0 saturated carbocycles. The van der Waals surface area contributed by atoms with Gasteiger partial charge in [0.25, 0.3) is 0 Å². The summed E-state index contributed by atoms with van der Waals surface area (Å²) < 4.78 is 37.1. The van der Waals surface area contributed by atoms with Crippen LogP contribution in [0.4, 0.5) is 11.4 Å². The first kappa shape index (κ1) is 23.4. The van der Waals surface area contributed by atoms with Crippen molar-refractivity contribution in [2.75, 3.05) is 29.0 Å². The lowest BCUT2D eigenvalue weighted by molar-refractivity contribution is -0.114. The van der Waals surface area contributed by atoms with E-state index in [1.807, 2.05) is 25.1 Å². The molecule has 0 aliphatic heterocycles. The molecule has 168 valence electrons. The Balaban J connectivity index is 1.83. The van der Waals surface area contributed by atoms with Crippen molar-refractivity contribution in [1.29, 1.82) is 0 Å². The maximum Gasteiger partial charge on any atom is 0.245 e. The van der Waals surface area contributed by atoms with Gasteiger partial charge in [-0.3, -0.25) is 9.10 Å².